The van der Waals surface area contributed by atoms with Crippen molar-refractivity contribution in [3.63, 3.8) is 0 Å². The molecule has 1 aliphatic rings. The van der Waals surface area contributed by atoms with E-state index in [0.29, 0.717) is 5.82 Å². The van der Waals surface area contributed by atoms with Crippen LogP contribution in [0.3, 0.4) is 0 Å². The summed E-state index contributed by atoms with van der Waals surface area (Å²) in [5, 5.41) is 3.02. The largest absolute Gasteiger partial charge is 0.497 e. The molecule has 1 amide bonds. The van der Waals surface area contributed by atoms with Crippen LogP contribution in [0, 0.1) is 0 Å². The van der Waals surface area contributed by atoms with Crippen molar-refractivity contribution in [2.75, 3.05) is 12.4 Å². The Morgan fingerprint density at radius 1 is 1.19 bits per heavy atom. The van der Waals surface area contributed by atoms with Gasteiger partial charge in [-0.25, -0.2) is 4.98 Å². The fourth-order valence-electron chi connectivity index (χ4n) is 3.40. The lowest BCUT2D eigenvalue weighted by molar-refractivity contribution is -0.118. The maximum Gasteiger partial charge on any atom is 0.236 e. The molecule has 1 saturated carbocycles. The second-order valence-corrected chi connectivity index (χ2v) is 8.33. The summed E-state index contributed by atoms with van der Waals surface area (Å²) in [7, 11) is 1.64. The van der Waals surface area contributed by atoms with Gasteiger partial charge in [0.1, 0.15) is 11.6 Å². The molecule has 0 atom stereocenters. The van der Waals surface area contributed by atoms with E-state index in [1.54, 1.807) is 7.11 Å². The van der Waals surface area contributed by atoms with E-state index in [0.717, 1.165) is 40.9 Å². The van der Waals surface area contributed by atoms with Crippen molar-refractivity contribution in [1.82, 2.24) is 9.97 Å². The second-order valence-electron chi connectivity index (χ2n) is 8.33. The highest BCUT2D eigenvalue weighted by Gasteiger charge is 2.51. The number of aromatic nitrogens is 2. The van der Waals surface area contributed by atoms with Crippen LogP contribution in [0.4, 0.5) is 5.82 Å². The number of carbonyl (C=O) groups excluding carboxylic acids is 1. The predicted molar refractivity (Wildman–Crippen MR) is 109 cm³/mol. The number of amides is 1. The number of rotatable bonds is 4. The Kier molecular flexibility index (Phi) is 3.98. The van der Waals surface area contributed by atoms with E-state index in [4.69, 9.17) is 4.74 Å². The summed E-state index contributed by atoms with van der Waals surface area (Å²) in [6.45, 7) is 6.48. The van der Waals surface area contributed by atoms with E-state index in [2.05, 4.69) is 42.1 Å². The van der Waals surface area contributed by atoms with E-state index in [1.807, 2.05) is 36.4 Å². The number of carbonyl (C=O) groups is 1. The Bertz CT molecular complexity index is 999. The highest BCUT2D eigenvalue weighted by molar-refractivity contribution is 6.01. The maximum atomic E-state index is 13.0. The number of fused-ring (bicyclic) bond motifs is 1. The fraction of sp³-hybridized carbons (Fsp3) is 0.364. The van der Waals surface area contributed by atoms with Gasteiger partial charge in [0.25, 0.3) is 0 Å². The molecule has 27 heavy (non-hydrogen) atoms. The summed E-state index contributed by atoms with van der Waals surface area (Å²) in [6, 6.07) is 13.6. The number of anilines is 1. The van der Waals surface area contributed by atoms with Crippen LogP contribution in [-0.2, 0) is 15.6 Å². The Morgan fingerprint density at radius 3 is 2.48 bits per heavy atom. The van der Waals surface area contributed by atoms with Crippen LogP contribution in [0.15, 0.2) is 42.5 Å². The molecule has 0 saturated heterocycles. The summed E-state index contributed by atoms with van der Waals surface area (Å²) >= 11 is 0. The average molecular weight is 365 g/mol. The zero-order chi connectivity index (χ0) is 19.2. The van der Waals surface area contributed by atoms with Crippen molar-refractivity contribution in [2.45, 2.75) is 44.4 Å². The fourth-order valence-corrected chi connectivity index (χ4v) is 3.40. The summed E-state index contributed by atoms with van der Waals surface area (Å²) < 4.78 is 5.21. The van der Waals surface area contributed by atoms with Gasteiger partial charge in [-0.2, -0.15) is 0 Å². The molecule has 2 heterocycles. The topological polar surface area (TPSA) is 67.0 Å². The van der Waals surface area contributed by atoms with Crippen LogP contribution in [-0.4, -0.2) is 23.0 Å². The van der Waals surface area contributed by atoms with E-state index >= 15 is 0 Å². The molecule has 0 spiro atoms. The molecule has 1 aromatic carbocycles. The monoisotopic (exact) mass is 365 g/mol. The third kappa shape index (κ3) is 3.18. The number of pyridine rings is 1. The predicted octanol–water partition coefficient (Wildman–Crippen LogP) is 4.79. The minimum absolute atomic E-state index is 0. The Hall–Kier alpha value is -2.82. The number of hydrogen-bond donors (Lipinski definition) is 2. The number of nitrogens with one attached hydrogen (secondary N) is 2. The number of ether oxygens (including phenoxy) is 1. The molecule has 5 nitrogen and oxygen atoms in total. The van der Waals surface area contributed by atoms with Gasteiger partial charge in [0.2, 0.25) is 5.91 Å². The van der Waals surface area contributed by atoms with E-state index in [9.17, 15) is 4.79 Å². The molecule has 2 aromatic heterocycles. The van der Waals surface area contributed by atoms with Gasteiger partial charge in [0.05, 0.1) is 23.6 Å². The molecule has 0 radical (unpaired) electrons. The standard InChI is InChI=1S/C22H25N3O2.H2/c1-21(2,3)18-13-17-16(23-18)9-10-19(24-17)25-20(26)22(11-12-22)14-5-7-15(27-4)8-6-14;/h5-10,13,23H,11-12H2,1-4H3,(H,24,25,26);1H. The quantitative estimate of drug-likeness (QED) is 0.699. The lowest BCUT2D eigenvalue weighted by atomic mass is 9.93. The number of aromatic amines is 1. The molecule has 4 rings (SSSR count). The molecule has 2 N–H and O–H groups in total. The van der Waals surface area contributed by atoms with E-state index < -0.39 is 5.41 Å². The van der Waals surface area contributed by atoms with Crippen LogP contribution in [0.2, 0.25) is 0 Å². The first-order valence-electron chi connectivity index (χ1n) is 9.28. The van der Waals surface area contributed by atoms with Crippen molar-refractivity contribution in [3.05, 3.63) is 53.7 Å². The van der Waals surface area contributed by atoms with E-state index in [1.165, 1.54) is 0 Å². The average Bonchev–Trinajstić information content (AvgIpc) is 3.34. The SMILES string of the molecule is COc1ccc(C2(C(=O)Nc3ccc4[nH]c(C(C)(C)C)cc4n3)CC2)cc1.[HH]. The highest BCUT2D eigenvalue weighted by atomic mass is 16.5. The van der Waals surface area contributed by atoms with E-state index in [-0.39, 0.29) is 12.7 Å². The summed E-state index contributed by atoms with van der Waals surface area (Å²) in [6.07, 6.45) is 1.71. The maximum absolute atomic E-state index is 13.0. The third-order valence-corrected chi connectivity index (χ3v) is 5.35. The molecule has 0 aliphatic heterocycles. The molecule has 3 aromatic rings. The first-order chi connectivity index (χ1) is 12.8. The van der Waals surface area contributed by atoms with Gasteiger partial charge in [0, 0.05) is 12.5 Å². The summed E-state index contributed by atoms with van der Waals surface area (Å²) in [4.78, 5) is 21.0. The minimum Gasteiger partial charge on any atom is -0.497 e. The van der Waals surface area contributed by atoms with Gasteiger partial charge < -0.3 is 15.0 Å². The normalized spacial score (nSPS) is 15.6. The zero-order valence-corrected chi connectivity index (χ0v) is 16.2. The number of nitrogens with zero attached hydrogens (tertiary/aromatic N) is 1. The number of hydrogen-bond acceptors (Lipinski definition) is 3. The minimum atomic E-state index is -0.447. The Labute approximate surface area is 160 Å². The first-order valence-corrected chi connectivity index (χ1v) is 9.28. The molecular formula is C22H27N3O2. The summed E-state index contributed by atoms with van der Waals surface area (Å²) in [5.41, 5.74) is 3.58. The second kappa shape index (κ2) is 6.12. The van der Waals surface area contributed by atoms with Crippen LogP contribution < -0.4 is 10.1 Å². The first kappa shape index (κ1) is 17.6. The van der Waals surface area contributed by atoms with Crippen molar-refractivity contribution < 1.29 is 11.0 Å². The number of methoxy groups -OCH3 is 1. The molecule has 1 fully saturated rings. The van der Waals surface area contributed by atoms with Crippen molar-refractivity contribution in [1.29, 1.82) is 0 Å². The van der Waals surface area contributed by atoms with Crippen molar-refractivity contribution in [2.24, 2.45) is 0 Å². The Morgan fingerprint density at radius 2 is 1.89 bits per heavy atom. The van der Waals surface area contributed by atoms with Crippen LogP contribution >= 0.6 is 0 Å². The number of benzene rings is 1. The van der Waals surface area contributed by atoms with Crippen molar-refractivity contribution >= 4 is 22.8 Å². The van der Waals surface area contributed by atoms with Gasteiger partial charge in [-0.1, -0.05) is 32.9 Å². The summed E-state index contributed by atoms with van der Waals surface area (Å²) in [5.74, 6) is 1.39. The lowest BCUT2D eigenvalue weighted by Crippen LogP contribution is -2.28. The Balaban J connectivity index is 0.00000225. The van der Waals surface area contributed by atoms with Gasteiger partial charge in [0.15, 0.2) is 0 Å². The zero-order valence-electron chi connectivity index (χ0n) is 16.2. The van der Waals surface area contributed by atoms with Crippen LogP contribution in [0.25, 0.3) is 11.0 Å². The van der Waals surface area contributed by atoms with Gasteiger partial charge in [-0.05, 0) is 48.7 Å². The molecule has 1 aliphatic carbocycles. The number of H-pyrrole nitrogens is 1. The molecule has 142 valence electrons. The molecule has 0 bridgehead atoms. The van der Waals surface area contributed by atoms with Gasteiger partial charge >= 0.3 is 0 Å². The van der Waals surface area contributed by atoms with Gasteiger partial charge in [-0.3, -0.25) is 4.79 Å². The van der Waals surface area contributed by atoms with Gasteiger partial charge in [-0.15, -0.1) is 0 Å². The molecule has 5 heteroatoms. The highest BCUT2D eigenvalue weighted by Crippen LogP contribution is 2.49. The van der Waals surface area contributed by atoms with Crippen LogP contribution in [0.5, 0.6) is 5.75 Å². The molecule has 0 unspecified atom stereocenters. The lowest BCUT2D eigenvalue weighted by Gasteiger charge is -2.16. The smallest absolute Gasteiger partial charge is 0.236 e. The third-order valence-electron chi connectivity index (χ3n) is 5.35. The van der Waals surface area contributed by atoms with Crippen LogP contribution in [0.1, 0.15) is 46.3 Å². The molecular weight excluding hydrogens is 338 g/mol. The van der Waals surface area contributed by atoms with Crippen molar-refractivity contribution in [3.8, 4) is 5.75 Å².